The lowest BCUT2D eigenvalue weighted by Crippen LogP contribution is -2.30. The Bertz CT molecular complexity index is 1740. The van der Waals surface area contributed by atoms with Crippen molar-refractivity contribution in [2.45, 2.75) is 258 Å². The van der Waals surface area contributed by atoms with Crippen LogP contribution in [0.25, 0.3) is 0 Å². The van der Waals surface area contributed by atoms with Crippen molar-refractivity contribution in [3.8, 4) is 0 Å². The second-order valence-corrected chi connectivity index (χ2v) is 19.8. The molecule has 0 fully saturated rings. The molecular weight excluding hydrogens is 949 g/mol. The molecule has 0 saturated heterocycles. The zero-order chi connectivity index (χ0) is 55.7. The maximum atomic E-state index is 12.9. The van der Waals surface area contributed by atoms with Gasteiger partial charge in [0.2, 0.25) is 0 Å². The summed E-state index contributed by atoms with van der Waals surface area (Å²) in [6.45, 7) is 6.31. The fourth-order valence-electron chi connectivity index (χ4n) is 7.94. The number of carbonyl (C=O) groups is 3. The molecule has 0 saturated carbocycles. The molecule has 0 aliphatic carbocycles. The van der Waals surface area contributed by atoms with Crippen LogP contribution in [0.3, 0.4) is 0 Å². The molecule has 0 radical (unpaired) electrons. The summed E-state index contributed by atoms with van der Waals surface area (Å²) in [6, 6.07) is 0. The largest absolute Gasteiger partial charge is 0.462 e. The zero-order valence-electron chi connectivity index (χ0n) is 49.4. The van der Waals surface area contributed by atoms with Gasteiger partial charge in [0.25, 0.3) is 0 Å². The van der Waals surface area contributed by atoms with Gasteiger partial charge in [-0.05, 0) is 135 Å². The molecule has 1 atom stereocenters. The Morgan fingerprint density at radius 2 is 0.532 bits per heavy atom. The van der Waals surface area contributed by atoms with Crippen molar-refractivity contribution in [2.75, 3.05) is 13.2 Å². The number of allylic oxidation sites excluding steroid dienone is 26. The van der Waals surface area contributed by atoms with E-state index in [4.69, 9.17) is 14.2 Å². The van der Waals surface area contributed by atoms with Gasteiger partial charge in [-0.2, -0.15) is 0 Å². The van der Waals surface area contributed by atoms with Crippen LogP contribution in [0.15, 0.2) is 158 Å². The van der Waals surface area contributed by atoms with E-state index in [2.05, 4.69) is 167 Å². The van der Waals surface area contributed by atoms with Crippen LogP contribution in [-0.2, 0) is 28.6 Å². The molecular formula is C71H112O6. The van der Waals surface area contributed by atoms with Crippen molar-refractivity contribution >= 4 is 17.9 Å². The SMILES string of the molecule is CC/C=C\C/C=C\C/C=C\C/C=C\C/C=C\C/C=C\CCCCC(=O)OCC(COC(=O)CCCCCCCCCCC/C=C\CCCCCCCC)OC(=O)CC/C=C\C/C=C\C/C=C\C/C=C\C/C=C\C/C=C\CC. The van der Waals surface area contributed by atoms with Crippen molar-refractivity contribution < 1.29 is 28.6 Å². The van der Waals surface area contributed by atoms with Crippen LogP contribution < -0.4 is 0 Å². The van der Waals surface area contributed by atoms with Crippen LogP contribution in [0.4, 0.5) is 0 Å². The molecule has 6 nitrogen and oxygen atoms in total. The Morgan fingerprint density at radius 1 is 0.273 bits per heavy atom. The molecule has 0 aromatic heterocycles. The minimum absolute atomic E-state index is 0.130. The summed E-state index contributed by atoms with van der Waals surface area (Å²) in [5.74, 6) is -1.07. The highest BCUT2D eigenvalue weighted by Crippen LogP contribution is 2.14. The fourth-order valence-corrected chi connectivity index (χ4v) is 7.94. The monoisotopic (exact) mass is 1060 g/mol. The summed E-state index contributed by atoms with van der Waals surface area (Å²) < 4.78 is 16.8. The van der Waals surface area contributed by atoms with Gasteiger partial charge in [0.05, 0.1) is 0 Å². The van der Waals surface area contributed by atoms with E-state index in [1.54, 1.807) is 0 Å². The summed E-state index contributed by atoms with van der Waals surface area (Å²) in [5, 5.41) is 0. The molecule has 1 unspecified atom stereocenters. The molecule has 0 aliphatic heterocycles. The van der Waals surface area contributed by atoms with Crippen LogP contribution in [0.1, 0.15) is 252 Å². The zero-order valence-corrected chi connectivity index (χ0v) is 49.4. The minimum Gasteiger partial charge on any atom is -0.462 e. The number of esters is 3. The van der Waals surface area contributed by atoms with E-state index in [1.165, 1.54) is 89.9 Å². The summed E-state index contributed by atoms with van der Waals surface area (Å²) in [7, 11) is 0. The lowest BCUT2D eigenvalue weighted by molar-refractivity contribution is -0.166. The van der Waals surface area contributed by atoms with E-state index in [0.717, 1.165) is 109 Å². The number of rotatable bonds is 54. The number of hydrogen-bond acceptors (Lipinski definition) is 6. The highest BCUT2D eigenvalue weighted by Gasteiger charge is 2.19. The third-order valence-corrected chi connectivity index (χ3v) is 12.5. The summed E-state index contributed by atoms with van der Waals surface area (Å²) >= 11 is 0. The standard InChI is InChI=1S/C71H112O6/c1-4-7-10-13-16-19-22-25-28-31-34-35-38-40-43-46-49-52-55-58-61-64-70(73)76-67-68(77-71(74)65-62-59-56-53-50-47-44-41-37-33-30-27-24-21-18-15-12-9-6-3)66-75-69(72)63-60-57-54-51-48-45-42-39-36-32-29-26-23-20-17-14-11-8-5-2/h7,9-10,12,16,18-19,21,25-30,34-35,37,40-41,43,47,49-50,52,56,59,68H,4-6,8,11,13-15,17,20,22-24,31-33,36,38-39,42,44-46,48,51,53-55,57-58,60-67H2,1-3H3/b10-7-,12-9-,19-16-,21-18-,28-25-,29-26-,30-27-,35-34-,41-37-,43-40-,50-47-,52-49-,59-56-. The van der Waals surface area contributed by atoms with Gasteiger partial charge in [-0.1, -0.05) is 256 Å². The van der Waals surface area contributed by atoms with Crippen LogP contribution in [0.5, 0.6) is 0 Å². The van der Waals surface area contributed by atoms with Gasteiger partial charge in [0.15, 0.2) is 6.10 Å². The molecule has 0 amide bonds. The van der Waals surface area contributed by atoms with Crippen molar-refractivity contribution in [1.29, 1.82) is 0 Å². The third-order valence-electron chi connectivity index (χ3n) is 12.5. The Labute approximate surface area is 473 Å². The van der Waals surface area contributed by atoms with Crippen molar-refractivity contribution in [2.24, 2.45) is 0 Å². The first kappa shape index (κ1) is 72.0. The lowest BCUT2D eigenvalue weighted by Gasteiger charge is -2.18. The first-order valence-corrected chi connectivity index (χ1v) is 31.0. The fraction of sp³-hybridized carbons (Fsp3) is 0.592. The van der Waals surface area contributed by atoms with E-state index >= 15 is 0 Å². The van der Waals surface area contributed by atoms with Gasteiger partial charge in [0.1, 0.15) is 13.2 Å². The van der Waals surface area contributed by atoms with E-state index < -0.39 is 12.1 Å². The van der Waals surface area contributed by atoms with Gasteiger partial charge >= 0.3 is 17.9 Å². The predicted octanol–water partition coefficient (Wildman–Crippen LogP) is 21.3. The summed E-state index contributed by atoms with van der Waals surface area (Å²) in [4.78, 5) is 38.3. The molecule has 432 valence electrons. The maximum Gasteiger partial charge on any atom is 0.306 e. The number of carbonyl (C=O) groups excluding carboxylic acids is 3. The topological polar surface area (TPSA) is 78.9 Å². The van der Waals surface area contributed by atoms with Gasteiger partial charge in [-0.15, -0.1) is 0 Å². The first-order chi connectivity index (χ1) is 38.0. The van der Waals surface area contributed by atoms with Gasteiger partial charge in [0, 0.05) is 19.3 Å². The van der Waals surface area contributed by atoms with E-state index in [-0.39, 0.29) is 38.0 Å². The lowest BCUT2D eigenvalue weighted by atomic mass is 10.1. The molecule has 0 N–H and O–H groups in total. The quantitative estimate of drug-likeness (QED) is 0.0261. The highest BCUT2D eigenvalue weighted by molar-refractivity contribution is 5.71. The van der Waals surface area contributed by atoms with E-state index in [9.17, 15) is 14.4 Å². The van der Waals surface area contributed by atoms with Crippen LogP contribution >= 0.6 is 0 Å². The smallest absolute Gasteiger partial charge is 0.306 e. The molecule has 0 aromatic carbocycles. The summed E-state index contributed by atoms with van der Waals surface area (Å²) in [5.41, 5.74) is 0. The molecule has 0 heterocycles. The second-order valence-electron chi connectivity index (χ2n) is 19.8. The predicted molar refractivity (Wildman–Crippen MR) is 334 cm³/mol. The van der Waals surface area contributed by atoms with E-state index in [1.807, 2.05) is 12.2 Å². The number of unbranched alkanes of at least 4 members (excludes halogenated alkanes) is 17. The molecule has 0 rings (SSSR count). The average Bonchev–Trinajstić information content (AvgIpc) is 3.43. The van der Waals surface area contributed by atoms with E-state index in [0.29, 0.717) is 19.3 Å². The third kappa shape index (κ3) is 61.8. The second kappa shape index (κ2) is 63.6. The van der Waals surface area contributed by atoms with Crippen LogP contribution in [0.2, 0.25) is 0 Å². The number of ether oxygens (including phenoxy) is 3. The van der Waals surface area contributed by atoms with Crippen molar-refractivity contribution in [3.63, 3.8) is 0 Å². The Morgan fingerprint density at radius 3 is 0.883 bits per heavy atom. The Kier molecular flexibility index (Phi) is 59.5. The normalized spacial score (nSPS) is 13.2. The van der Waals surface area contributed by atoms with Gasteiger partial charge < -0.3 is 14.2 Å². The van der Waals surface area contributed by atoms with Crippen molar-refractivity contribution in [1.82, 2.24) is 0 Å². The van der Waals surface area contributed by atoms with Gasteiger partial charge in [-0.3, -0.25) is 14.4 Å². The minimum atomic E-state index is -0.847. The molecule has 0 aromatic rings. The van der Waals surface area contributed by atoms with Crippen molar-refractivity contribution in [3.05, 3.63) is 158 Å². The first-order valence-electron chi connectivity index (χ1n) is 31.0. The summed E-state index contributed by atoms with van der Waals surface area (Å²) in [6.07, 6.45) is 92.5. The molecule has 0 aliphatic rings. The maximum absolute atomic E-state index is 12.9. The highest BCUT2D eigenvalue weighted by atomic mass is 16.6. The van der Waals surface area contributed by atoms with Gasteiger partial charge in [-0.25, -0.2) is 0 Å². The molecule has 0 bridgehead atoms. The van der Waals surface area contributed by atoms with Crippen LogP contribution in [0, 0.1) is 0 Å². The van der Waals surface area contributed by atoms with Crippen LogP contribution in [-0.4, -0.2) is 37.2 Å². The molecule has 0 spiro atoms. The molecule has 6 heteroatoms. The Hall–Kier alpha value is -4.97. The average molecular weight is 1060 g/mol. The number of hydrogen-bond donors (Lipinski definition) is 0. The molecule has 77 heavy (non-hydrogen) atoms. The Balaban J connectivity index is 4.60.